The van der Waals surface area contributed by atoms with Crippen LogP contribution in [0.15, 0.2) is 12.1 Å². The van der Waals surface area contributed by atoms with Gasteiger partial charge in [-0.1, -0.05) is 11.3 Å². The molecule has 9 heteroatoms. The molecule has 1 aliphatic heterocycles. The van der Waals surface area contributed by atoms with Gasteiger partial charge in [0, 0.05) is 32.1 Å². The van der Waals surface area contributed by atoms with Crippen LogP contribution in [-0.2, 0) is 9.53 Å². The fourth-order valence-corrected chi connectivity index (χ4v) is 4.83. The molecule has 1 saturated heterocycles. The molecule has 1 N–H and O–H groups in total. The second-order valence-electron chi connectivity index (χ2n) is 8.24. The Morgan fingerprint density at radius 1 is 1.43 bits per heavy atom. The summed E-state index contributed by atoms with van der Waals surface area (Å²) in [6, 6.07) is 6.20. The number of thiazole rings is 1. The highest BCUT2D eigenvalue weighted by atomic mass is 32.1. The first-order valence-corrected chi connectivity index (χ1v) is 11.3. The normalized spacial score (nSPS) is 24.3. The molecule has 0 radical (unpaired) electrons. The van der Waals surface area contributed by atoms with E-state index in [4.69, 9.17) is 14.7 Å². The minimum Gasteiger partial charge on any atom is -0.477 e. The van der Waals surface area contributed by atoms with Crippen molar-refractivity contribution < 1.29 is 14.3 Å². The molecule has 30 heavy (non-hydrogen) atoms. The van der Waals surface area contributed by atoms with Gasteiger partial charge in [-0.25, -0.2) is 9.97 Å². The van der Waals surface area contributed by atoms with E-state index < -0.39 is 0 Å². The second-order valence-corrected chi connectivity index (χ2v) is 9.19. The van der Waals surface area contributed by atoms with Crippen molar-refractivity contribution in [2.75, 3.05) is 31.2 Å². The Morgan fingerprint density at radius 3 is 3.00 bits per heavy atom. The topological polar surface area (TPSA) is 100 Å². The van der Waals surface area contributed by atoms with Gasteiger partial charge in [0.2, 0.25) is 11.8 Å². The average molecular weight is 430 g/mol. The number of carbonyl (C=O) groups excluding carboxylic acids is 1. The van der Waals surface area contributed by atoms with Crippen LogP contribution in [-0.4, -0.2) is 54.3 Å². The Hall–Kier alpha value is -2.44. The van der Waals surface area contributed by atoms with E-state index in [9.17, 15) is 4.79 Å². The third-order valence-corrected chi connectivity index (χ3v) is 6.58. The van der Waals surface area contributed by atoms with E-state index in [2.05, 4.69) is 26.3 Å². The molecule has 1 unspecified atom stereocenters. The van der Waals surface area contributed by atoms with Crippen molar-refractivity contribution in [1.82, 2.24) is 15.3 Å². The number of nitrogens with zero attached hydrogens (tertiary/aromatic N) is 4. The molecule has 8 nitrogen and oxygen atoms in total. The fraction of sp³-hybridized carbons (Fsp3) is 0.619. The van der Waals surface area contributed by atoms with Crippen LogP contribution in [0.25, 0.3) is 10.3 Å². The highest BCUT2D eigenvalue weighted by Crippen LogP contribution is 2.33. The zero-order valence-corrected chi connectivity index (χ0v) is 18.2. The first kappa shape index (κ1) is 20.8. The molecule has 2 fully saturated rings. The number of nitrogens with one attached hydrogen (secondary N) is 1. The van der Waals surface area contributed by atoms with Crippen molar-refractivity contribution in [1.29, 1.82) is 5.26 Å². The van der Waals surface area contributed by atoms with Gasteiger partial charge in [-0.05, 0) is 38.2 Å². The molecular formula is C21H27N5O3S. The maximum Gasteiger partial charge on any atom is 0.217 e. The summed E-state index contributed by atoms with van der Waals surface area (Å²) < 4.78 is 11.7. The Balaban J connectivity index is 1.23. The van der Waals surface area contributed by atoms with Crippen molar-refractivity contribution in [2.45, 2.75) is 45.3 Å². The minimum absolute atomic E-state index is 0.0318. The van der Waals surface area contributed by atoms with E-state index in [1.807, 2.05) is 19.1 Å². The van der Waals surface area contributed by atoms with Crippen LogP contribution in [0.5, 0.6) is 5.88 Å². The lowest BCUT2D eigenvalue weighted by molar-refractivity contribution is -0.120. The average Bonchev–Trinajstić information content (AvgIpc) is 3.31. The first-order chi connectivity index (χ1) is 14.5. The number of amides is 1. The number of anilines is 1. The number of pyridine rings is 1. The summed E-state index contributed by atoms with van der Waals surface area (Å²) in [5.74, 6) is 1.15. The zero-order valence-electron chi connectivity index (χ0n) is 17.3. The summed E-state index contributed by atoms with van der Waals surface area (Å²) in [4.78, 5) is 23.3. The SMILES string of the molecule is CC(=O)N[C@@H](C)COC1CC(COc2ccc3nc(N4CCC(C#N)C4)sc3n2)C1. The van der Waals surface area contributed by atoms with Crippen LogP contribution >= 0.6 is 11.3 Å². The van der Waals surface area contributed by atoms with Gasteiger partial charge < -0.3 is 19.7 Å². The summed E-state index contributed by atoms with van der Waals surface area (Å²) in [5.41, 5.74) is 0.869. The van der Waals surface area contributed by atoms with Crippen molar-refractivity contribution in [3.8, 4) is 11.9 Å². The molecule has 2 aromatic heterocycles. The summed E-state index contributed by atoms with van der Waals surface area (Å²) in [5, 5.41) is 12.8. The van der Waals surface area contributed by atoms with Crippen molar-refractivity contribution in [3.63, 3.8) is 0 Å². The standard InChI is InChI=1S/C21H27N5O3S/c1-13(23-14(2)27)11-28-17-7-16(8-17)12-29-19-4-3-18-20(25-19)30-21(24-18)26-6-5-15(9-22)10-26/h3-4,13,15-17H,5-8,10-12H2,1-2H3,(H,23,27)/t13-,15?,16?,17?/m0/s1. The van der Waals surface area contributed by atoms with Crippen LogP contribution in [0.2, 0.25) is 0 Å². The predicted octanol–water partition coefficient (Wildman–Crippen LogP) is 2.74. The Bertz CT molecular complexity index is 936. The van der Waals surface area contributed by atoms with E-state index >= 15 is 0 Å². The van der Waals surface area contributed by atoms with Gasteiger partial charge in [0.15, 0.2) is 5.13 Å². The molecule has 4 rings (SSSR count). The molecular weight excluding hydrogens is 402 g/mol. The van der Waals surface area contributed by atoms with Gasteiger partial charge in [0.1, 0.15) is 10.3 Å². The number of hydrogen-bond donors (Lipinski definition) is 1. The molecule has 1 saturated carbocycles. The van der Waals surface area contributed by atoms with Crippen LogP contribution < -0.4 is 15.0 Å². The summed E-state index contributed by atoms with van der Waals surface area (Å²) in [6.45, 7) is 6.24. The van der Waals surface area contributed by atoms with E-state index in [0.717, 1.165) is 47.8 Å². The van der Waals surface area contributed by atoms with Gasteiger partial charge in [0.25, 0.3) is 0 Å². The number of ether oxygens (including phenoxy) is 2. The van der Waals surface area contributed by atoms with Crippen molar-refractivity contribution >= 4 is 32.7 Å². The van der Waals surface area contributed by atoms with Gasteiger partial charge in [-0.3, -0.25) is 4.79 Å². The van der Waals surface area contributed by atoms with E-state index in [1.54, 1.807) is 11.3 Å². The van der Waals surface area contributed by atoms with Crippen LogP contribution in [0.1, 0.15) is 33.1 Å². The second kappa shape index (κ2) is 9.14. The minimum atomic E-state index is -0.0321. The lowest BCUT2D eigenvalue weighted by atomic mass is 9.83. The Morgan fingerprint density at radius 2 is 2.27 bits per heavy atom. The molecule has 1 amide bonds. The lowest BCUT2D eigenvalue weighted by Crippen LogP contribution is -2.40. The van der Waals surface area contributed by atoms with E-state index in [-0.39, 0.29) is 24.0 Å². The zero-order chi connectivity index (χ0) is 21.1. The number of rotatable bonds is 8. The molecule has 3 heterocycles. The molecule has 0 bridgehead atoms. The summed E-state index contributed by atoms with van der Waals surface area (Å²) >= 11 is 1.55. The number of hydrogen-bond acceptors (Lipinski definition) is 8. The third kappa shape index (κ3) is 4.99. The van der Waals surface area contributed by atoms with Crippen LogP contribution in [0, 0.1) is 23.2 Å². The molecule has 0 spiro atoms. The fourth-order valence-electron chi connectivity index (χ4n) is 3.86. The molecule has 2 aromatic rings. The highest BCUT2D eigenvalue weighted by Gasteiger charge is 2.31. The van der Waals surface area contributed by atoms with Gasteiger partial charge in [0.05, 0.1) is 31.3 Å². The van der Waals surface area contributed by atoms with E-state index in [1.165, 1.54) is 6.92 Å². The lowest BCUT2D eigenvalue weighted by Gasteiger charge is -2.35. The predicted molar refractivity (Wildman–Crippen MR) is 115 cm³/mol. The monoisotopic (exact) mass is 429 g/mol. The molecule has 2 atom stereocenters. The number of aromatic nitrogens is 2. The number of nitriles is 1. The Labute approximate surface area is 180 Å². The molecule has 1 aliphatic carbocycles. The summed E-state index contributed by atoms with van der Waals surface area (Å²) in [7, 11) is 0. The summed E-state index contributed by atoms with van der Waals surface area (Å²) in [6.07, 6.45) is 3.07. The molecule has 2 aliphatic rings. The van der Waals surface area contributed by atoms with Crippen molar-refractivity contribution in [2.24, 2.45) is 11.8 Å². The van der Waals surface area contributed by atoms with Crippen LogP contribution in [0.4, 0.5) is 5.13 Å². The van der Waals surface area contributed by atoms with Gasteiger partial charge >= 0.3 is 0 Å². The smallest absolute Gasteiger partial charge is 0.217 e. The third-order valence-electron chi connectivity index (χ3n) is 5.55. The van der Waals surface area contributed by atoms with Crippen molar-refractivity contribution in [3.05, 3.63) is 12.1 Å². The van der Waals surface area contributed by atoms with E-state index in [0.29, 0.717) is 25.0 Å². The number of carbonyl (C=O) groups is 1. The first-order valence-electron chi connectivity index (χ1n) is 10.4. The maximum atomic E-state index is 11.0. The van der Waals surface area contributed by atoms with Crippen LogP contribution in [0.3, 0.4) is 0 Å². The quantitative estimate of drug-likeness (QED) is 0.688. The van der Waals surface area contributed by atoms with Gasteiger partial charge in [-0.2, -0.15) is 5.26 Å². The Kier molecular flexibility index (Phi) is 6.35. The molecule has 160 valence electrons. The highest BCUT2D eigenvalue weighted by molar-refractivity contribution is 7.21. The maximum absolute atomic E-state index is 11.0. The largest absolute Gasteiger partial charge is 0.477 e. The number of fused-ring (bicyclic) bond motifs is 1. The molecule has 0 aromatic carbocycles. The van der Waals surface area contributed by atoms with Gasteiger partial charge in [-0.15, -0.1) is 0 Å².